The van der Waals surface area contributed by atoms with Gasteiger partial charge >= 0.3 is 0 Å². The fraction of sp³-hybridized carbons (Fsp3) is 0.389. The van der Waals surface area contributed by atoms with Crippen molar-refractivity contribution >= 4 is 41.0 Å². The van der Waals surface area contributed by atoms with Crippen molar-refractivity contribution in [3.8, 4) is 0 Å². The molecule has 0 fully saturated rings. The van der Waals surface area contributed by atoms with Crippen molar-refractivity contribution < 1.29 is 14.1 Å². The first kappa shape index (κ1) is 20.3. The molecular weight excluding hydrogens is 374 g/mol. The van der Waals surface area contributed by atoms with Crippen LogP contribution in [0.4, 0.5) is 5.82 Å². The van der Waals surface area contributed by atoms with Crippen LogP contribution in [0.5, 0.6) is 0 Å². The van der Waals surface area contributed by atoms with Gasteiger partial charge in [0.25, 0.3) is 0 Å². The Bertz CT molecular complexity index is 746. The monoisotopic (exact) mass is 395 g/mol. The van der Waals surface area contributed by atoms with Crippen LogP contribution in [0.1, 0.15) is 31.2 Å². The van der Waals surface area contributed by atoms with Crippen molar-refractivity contribution in [2.24, 2.45) is 5.92 Å². The second kappa shape index (κ2) is 9.64. The van der Waals surface area contributed by atoms with Gasteiger partial charge in [0.15, 0.2) is 5.82 Å². The van der Waals surface area contributed by atoms with Gasteiger partial charge < -0.3 is 15.2 Å². The highest BCUT2D eigenvalue weighted by molar-refractivity contribution is 8.00. The van der Waals surface area contributed by atoms with Crippen molar-refractivity contribution in [2.75, 3.05) is 16.8 Å². The number of benzene rings is 1. The summed E-state index contributed by atoms with van der Waals surface area (Å²) in [6.45, 7) is 5.83. The summed E-state index contributed by atoms with van der Waals surface area (Å²) >= 11 is 7.16. The van der Waals surface area contributed by atoms with Crippen LogP contribution in [0.2, 0.25) is 5.02 Å². The first-order chi connectivity index (χ1) is 12.3. The van der Waals surface area contributed by atoms with Gasteiger partial charge in [-0.3, -0.25) is 9.59 Å². The highest BCUT2D eigenvalue weighted by atomic mass is 35.5. The van der Waals surface area contributed by atoms with E-state index < -0.39 is 0 Å². The van der Waals surface area contributed by atoms with Crippen LogP contribution in [0.25, 0.3) is 0 Å². The summed E-state index contributed by atoms with van der Waals surface area (Å²) in [4.78, 5) is 24.1. The fourth-order valence-corrected chi connectivity index (χ4v) is 3.12. The van der Waals surface area contributed by atoms with Crippen LogP contribution < -0.4 is 10.6 Å². The van der Waals surface area contributed by atoms with Gasteiger partial charge in [-0.05, 0) is 30.5 Å². The molecule has 1 heterocycles. The largest absolute Gasteiger partial charge is 0.360 e. The van der Waals surface area contributed by atoms with Crippen LogP contribution in [0.15, 0.2) is 34.9 Å². The number of amides is 2. The summed E-state index contributed by atoms with van der Waals surface area (Å²) in [7, 11) is 0. The Hall–Kier alpha value is -1.99. The zero-order valence-electron chi connectivity index (χ0n) is 14.9. The maximum absolute atomic E-state index is 12.2. The Morgan fingerprint density at radius 2 is 1.85 bits per heavy atom. The molecule has 26 heavy (non-hydrogen) atoms. The highest BCUT2D eigenvalue weighted by Crippen LogP contribution is 2.23. The van der Waals surface area contributed by atoms with E-state index in [9.17, 15) is 9.59 Å². The van der Waals surface area contributed by atoms with E-state index in [1.165, 1.54) is 11.8 Å². The highest BCUT2D eigenvalue weighted by Gasteiger charge is 2.18. The Morgan fingerprint density at radius 3 is 2.42 bits per heavy atom. The summed E-state index contributed by atoms with van der Waals surface area (Å²) in [6.07, 6.45) is 0. The van der Waals surface area contributed by atoms with Gasteiger partial charge in [-0.25, -0.2) is 0 Å². The number of nitrogens with zero attached hydrogens (tertiary/aromatic N) is 1. The molecule has 1 aromatic carbocycles. The van der Waals surface area contributed by atoms with Gasteiger partial charge in [0.2, 0.25) is 11.8 Å². The fourth-order valence-electron chi connectivity index (χ4n) is 2.36. The Balaban J connectivity index is 1.79. The summed E-state index contributed by atoms with van der Waals surface area (Å²) in [5, 5.41) is 9.99. The predicted molar refractivity (Wildman–Crippen MR) is 104 cm³/mol. The molecule has 0 spiro atoms. The summed E-state index contributed by atoms with van der Waals surface area (Å²) < 4.78 is 4.88. The van der Waals surface area contributed by atoms with E-state index in [0.29, 0.717) is 16.6 Å². The van der Waals surface area contributed by atoms with Crippen LogP contribution in [0, 0.1) is 12.8 Å². The van der Waals surface area contributed by atoms with E-state index in [2.05, 4.69) is 15.8 Å². The third-order valence-electron chi connectivity index (χ3n) is 3.57. The van der Waals surface area contributed by atoms with Crippen LogP contribution >= 0.6 is 23.4 Å². The third-order valence-corrected chi connectivity index (χ3v) is 4.76. The molecule has 1 aromatic heterocycles. The van der Waals surface area contributed by atoms with E-state index in [0.717, 1.165) is 5.56 Å². The van der Waals surface area contributed by atoms with Gasteiger partial charge in [-0.1, -0.05) is 42.7 Å². The maximum Gasteiger partial charge on any atom is 0.235 e. The lowest BCUT2D eigenvalue weighted by Crippen LogP contribution is -2.33. The molecule has 0 radical (unpaired) electrons. The maximum atomic E-state index is 12.2. The standard InChI is InChI=1S/C18H22ClN3O3S/c1-11(2)18(13-4-6-14(19)7-5-13)21-17(24)10-26-9-16(23)20-15-8-12(3)25-22-15/h4-8,11,18H,9-10H2,1-3H3,(H,21,24)(H,20,22,23). The van der Waals surface area contributed by atoms with Crippen LogP contribution in [-0.4, -0.2) is 28.5 Å². The van der Waals surface area contributed by atoms with E-state index in [4.69, 9.17) is 16.1 Å². The van der Waals surface area contributed by atoms with E-state index in [1.807, 2.05) is 38.1 Å². The predicted octanol–water partition coefficient (Wildman–Crippen LogP) is 3.82. The molecule has 1 atom stereocenters. The number of carbonyl (C=O) groups excluding carboxylic acids is 2. The number of anilines is 1. The molecule has 6 nitrogen and oxygen atoms in total. The van der Waals surface area contributed by atoms with Crippen molar-refractivity contribution in [1.82, 2.24) is 10.5 Å². The molecule has 2 rings (SSSR count). The van der Waals surface area contributed by atoms with Crippen molar-refractivity contribution in [3.05, 3.63) is 46.7 Å². The number of halogens is 1. The summed E-state index contributed by atoms with van der Waals surface area (Å²) in [5.74, 6) is 1.23. The van der Waals surface area contributed by atoms with Gasteiger partial charge in [0.05, 0.1) is 17.5 Å². The normalized spacial score (nSPS) is 12.0. The van der Waals surface area contributed by atoms with E-state index in [1.54, 1.807) is 13.0 Å². The zero-order chi connectivity index (χ0) is 19.1. The molecule has 0 saturated carbocycles. The van der Waals surface area contributed by atoms with Gasteiger partial charge in [-0.15, -0.1) is 11.8 Å². The minimum atomic E-state index is -0.228. The number of hydrogen-bond donors (Lipinski definition) is 2. The molecule has 0 aliphatic rings. The quantitative estimate of drug-likeness (QED) is 0.709. The van der Waals surface area contributed by atoms with Gasteiger partial charge in [0, 0.05) is 11.1 Å². The number of nitrogens with one attached hydrogen (secondary N) is 2. The molecule has 2 aromatic rings. The second-order valence-corrected chi connectivity index (χ2v) is 7.63. The topological polar surface area (TPSA) is 84.2 Å². The van der Waals surface area contributed by atoms with Crippen molar-refractivity contribution in [2.45, 2.75) is 26.8 Å². The molecule has 0 aliphatic carbocycles. The number of thioether (sulfide) groups is 1. The average Bonchev–Trinajstić information content (AvgIpc) is 2.98. The van der Waals surface area contributed by atoms with Crippen molar-refractivity contribution in [1.29, 1.82) is 0 Å². The molecule has 8 heteroatoms. The lowest BCUT2D eigenvalue weighted by Gasteiger charge is -2.23. The van der Waals surface area contributed by atoms with Crippen molar-refractivity contribution in [3.63, 3.8) is 0 Å². The summed E-state index contributed by atoms with van der Waals surface area (Å²) in [6, 6.07) is 8.97. The molecule has 0 bridgehead atoms. The number of carbonyl (C=O) groups is 2. The molecule has 2 N–H and O–H groups in total. The molecule has 0 saturated heterocycles. The SMILES string of the molecule is Cc1cc(NC(=O)CSCC(=O)NC(c2ccc(Cl)cc2)C(C)C)no1. The van der Waals surface area contributed by atoms with Gasteiger partial charge in [-0.2, -0.15) is 0 Å². The van der Waals surface area contributed by atoms with E-state index >= 15 is 0 Å². The first-order valence-corrected chi connectivity index (χ1v) is 9.74. The second-order valence-electron chi connectivity index (χ2n) is 6.20. The smallest absolute Gasteiger partial charge is 0.235 e. The molecule has 140 valence electrons. The van der Waals surface area contributed by atoms with Gasteiger partial charge in [0.1, 0.15) is 5.76 Å². The Morgan fingerprint density at radius 1 is 1.19 bits per heavy atom. The Kier molecular flexibility index (Phi) is 7.53. The lowest BCUT2D eigenvalue weighted by molar-refractivity contribution is -0.119. The summed E-state index contributed by atoms with van der Waals surface area (Å²) in [5.41, 5.74) is 1.00. The third kappa shape index (κ3) is 6.38. The molecule has 2 amide bonds. The molecule has 0 aliphatic heterocycles. The number of hydrogen-bond acceptors (Lipinski definition) is 5. The lowest BCUT2D eigenvalue weighted by atomic mass is 9.96. The minimum absolute atomic E-state index is 0.104. The molecular formula is C18H22ClN3O3S. The minimum Gasteiger partial charge on any atom is -0.360 e. The average molecular weight is 396 g/mol. The Labute approximate surface area is 162 Å². The first-order valence-electron chi connectivity index (χ1n) is 8.21. The number of aryl methyl sites for hydroxylation is 1. The zero-order valence-corrected chi connectivity index (χ0v) is 16.5. The van der Waals surface area contributed by atoms with Crippen LogP contribution in [-0.2, 0) is 9.59 Å². The molecule has 1 unspecified atom stereocenters. The van der Waals surface area contributed by atoms with E-state index in [-0.39, 0.29) is 35.3 Å². The van der Waals surface area contributed by atoms with Crippen LogP contribution in [0.3, 0.4) is 0 Å². The number of aromatic nitrogens is 1. The number of rotatable bonds is 8.